The summed E-state index contributed by atoms with van der Waals surface area (Å²) < 4.78 is 22.6. The summed E-state index contributed by atoms with van der Waals surface area (Å²) in [5.74, 6) is 0.887. The molecule has 0 saturated heterocycles. The second-order valence-corrected chi connectivity index (χ2v) is 7.45. The lowest BCUT2D eigenvalue weighted by Gasteiger charge is -2.20. The van der Waals surface area contributed by atoms with Crippen molar-refractivity contribution in [2.75, 3.05) is 38.3 Å². The molecule has 0 radical (unpaired) electrons. The number of anilines is 1. The first-order chi connectivity index (χ1) is 13.0. The third-order valence-corrected chi connectivity index (χ3v) is 4.70. The molecule has 8 heteroatoms. The average molecular weight is 395 g/mol. The highest BCUT2D eigenvalue weighted by Gasteiger charge is 2.15. The molecule has 148 valence electrons. The molecule has 2 rings (SSSR count). The van der Waals surface area contributed by atoms with Crippen molar-refractivity contribution in [3.63, 3.8) is 0 Å². The van der Waals surface area contributed by atoms with Crippen LogP contribution in [0.25, 0.3) is 0 Å². The zero-order valence-electron chi connectivity index (χ0n) is 16.1. The van der Waals surface area contributed by atoms with E-state index >= 15 is 0 Å². The summed E-state index contributed by atoms with van der Waals surface area (Å²) in [5.41, 5.74) is 0.956. The Bertz CT molecular complexity index is 706. The lowest BCUT2D eigenvalue weighted by Crippen LogP contribution is -2.34. The van der Waals surface area contributed by atoms with Crippen molar-refractivity contribution in [3.8, 4) is 0 Å². The molecule has 0 aliphatic heterocycles. The minimum atomic E-state index is -0.257. The number of methoxy groups -OCH3 is 1. The monoisotopic (exact) mass is 394 g/mol. The summed E-state index contributed by atoms with van der Waals surface area (Å²) in [6, 6.07) is 6.34. The molecule has 1 heterocycles. The smallest absolute Gasteiger partial charge is 0.221 e. The van der Waals surface area contributed by atoms with Gasteiger partial charge in [0.2, 0.25) is 11.0 Å². The minimum absolute atomic E-state index is 0.0298. The maximum atomic E-state index is 13.0. The van der Waals surface area contributed by atoms with E-state index in [9.17, 15) is 9.18 Å². The van der Waals surface area contributed by atoms with E-state index < -0.39 is 0 Å². The summed E-state index contributed by atoms with van der Waals surface area (Å²) in [4.78, 5) is 18.6. The second-order valence-electron chi connectivity index (χ2n) is 6.72. The number of halogens is 1. The summed E-state index contributed by atoms with van der Waals surface area (Å²) >= 11 is 1.30. The first-order valence-electron chi connectivity index (χ1n) is 9.05. The van der Waals surface area contributed by atoms with E-state index in [-0.39, 0.29) is 11.7 Å². The van der Waals surface area contributed by atoms with E-state index in [1.54, 1.807) is 19.2 Å². The van der Waals surface area contributed by atoms with Crippen LogP contribution < -0.4 is 10.2 Å². The quantitative estimate of drug-likeness (QED) is 0.635. The Morgan fingerprint density at radius 2 is 2.04 bits per heavy atom. The highest BCUT2D eigenvalue weighted by molar-refractivity contribution is 7.09. The first-order valence-corrected chi connectivity index (χ1v) is 9.83. The van der Waals surface area contributed by atoms with Crippen molar-refractivity contribution < 1.29 is 13.9 Å². The molecule has 0 aliphatic carbocycles. The molecular weight excluding hydrogens is 367 g/mol. The number of carbonyl (C=O) groups is 1. The molecule has 1 aromatic heterocycles. The van der Waals surface area contributed by atoms with E-state index in [0.717, 1.165) is 10.7 Å². The van der Waals surface area contributed by atoms with Gasteiger partial charge in [0, 0.05) is 51.1 Å². The Balaban J connectivity index is 1.95. The van der Waals surface area contributed by atoms with Crippen molar-refractivity contribution in [3.05, 3.63) is 41.5 Å². The van der Waals surface area contributed by atoms with Gasteiger partial charge in [-0.15, -0.1) is 0 Å². The first kappa shape index (κ1) is 21.2. The van der Waals surface area contributed by atoms with E-state index in [2.05, 4.69) is 28.5 Å². The van der Waals surface area contributed by atoms with Gasteiger partial charge in [-0.3, -0.25) is 4.79 Å². The molecule has 0 unspecified atom stereocenters. The van der Waals surface area contributed by atoms with Crippen molar-refractivity contribution in [1.82, 2.24) is 14.7 Å². The van der Waals surface area contributed by atoms with Gasteiger partial charge in [-0.25, -0.2) is 9.37 Å². The van der Waals surface area contributed by atoms with Crippen LogP contribution in [0.15, 0.2) is 24.3 Å². The molecule has 27 heavy (non-hydrogen) atoms. The Labute approximate surface area is 163 Å². The van der Waals surface area contributed by atoms with Gasteiger partial charge in [0.1, 0.15) is 11.6 Å². The molecule has 2 aromatic rings. The third kappa shape index (κ3) is 7.60. The maximum Gasteiger partial charge on any atom is 0.221 e. The Morgan fingerprint density at radius 3 is 2.70 bits per heavy atom. The van der Waals surface area contributed by atoms with E-state index in [1.165, 1.54) is 23.7 Å². The van der Waals surface area contributed by atoms with Gasteiger partial charge < -0.3 is 15.0 Å². The fourth-order valence-electron chi connectivity index (χ4n) is 2.38. The lowest BCUT2D eigenvalue weighted by molar-refractivity contribution is -0.121. The number of amides is 1. The predicted molar refractivity (Wildman–Crippen MR) is 106 cm³/mol. The van der Waals surface area contributed by atoms with Crippen LogP contribution in [0.3, 0.4) is 0 Å². The van der Waals surface area contributed by atoms with Crippen molar-refractivity contribution in [2.24, 2.45) is 5.92 Å². The van der Waals surface area contributed by atoms with Crippen LogP contribution in [0.2, 0.25) is 0 Å². The molecule has 6 nitrogen and oxygen atoms in total. The molecule has 0 aliphatic rings. The molecule has 0 bridgehead atoms. The summed E-state index contributed by atoms with van der Waals surface area (Å²) in [7, 11) is 1.65. The SMILES string of the molecule is COCCN(CCC(=O)NCC(C)C)c1nc(Cc2ccc(F)cc2)ns1. The molecular formula is C19H27FN4O2S. The number of hydrogen-bond acceptors (Lipinski definition) is 6. The largest absolute Gasteiger partial charge is 0.383 e. The van der Waals surface area contributed by atoms with Crippen molar-refractivity contribution in [2.45, 2.75) is 26.7 Å². The van der Waals surface area contributed by atoms with Gasteiger partial charge in [-0.2, -0.15) is 4.37 Å². The third-order valence-electron chi connectivity index (χ3n) is 3.88. The Hall–Kier alpha value is -2.06. The standard InChI is InChI=1S/C19H27FN4O2S/c1-14(2)13-21-18(25)8-9-24(10-11-26-3)19-22-17(23-27-19)12-15-4-6-16(20)7-5-15/h4-7,14H,8-13H2,1-3H3,(H,21,25). The molecule has 1 amide bonds. The number of hydrogen-bond donors (Lipinski definition) is 1. The Kier molecular flexibility index (Phi) is 8.60. The molecule has 0 spiro atoms. The molecule has 0 atom stereocenters. The highest BCUT2D eigenvalue weighted by Crippen LogP contribution is 2.19. The Morgan fingerprint density at radius 1 is 1.30 bits per heavy atom. The summed E-state index contributed by atoms with van der Waals surface area (Å²) in [6.45, 7) is 6.54. The zero-order chi connectivity index (χ0) is 19.6. The number of rotatable bonds is 11. The number of nitrogens with zero attached hydrogens (tertiary/aromatic N) is 3. The topological polar surface area (TPSA) is 67.3 Å². The number of nitrogens with one attached hydrogen (secondary N) is 1. The van der Waals surface area contributed by atoms with Crippen LogP contribution in [0.4, 0.5) is 9.52 Å². The van der Waals surface area contributed by atoms with Crippen molar-refractivity contribution >= 4 is 22.6 Å². The second kappa shape index (κ2) is 10.9. The molecule has 0 fully saturated rings. The predicted octanol–water partition coefficient (Wildman–Crippen LogP) is 2.88. The van der Waals surface area contributed by atoms with Gasteiger partial charge in [-0.05, 0) is 23.6 Å². The molecule has 1 N–H and O–H groups in total. The lowest BCUT2D eigenvalue weighted by atomic mass is 10.1. The van der Waals surface area contributed by atoms with E-state index in [4.69, 9.17) is 4.74 Å². The van der Waals surface area contributed by atoms with Gasteiger partial charge in [0.25, 0.3) is 0 Å². The van der Waals surface area contributed by atoms with Crippen molar-refractivity contribution in [1.29, 1.82) is 0 Å². The number of ether oxygens (including phenoxy) is 1. The normalized spacial score (nSPS) is 11.0. The van der Waals surface area contributed by atoms with Gasteiger partial charge in [0.15, 0.2) is 0 Å². The number of carbonyl (C=O) groups excluding carboxylic acids is 1. The molecule has 0 saturated carbocycles. The molecule has 1 aromatic carbocycles. The fraction of sp³-hybridized carbons (Fsp3) is 0.526. The van der Waals surface area contributed by atoms with Gasteiger partial charge in [-0.1, -0.05) is 26.0 Å². The van der Waals surface area contributed by atoms with Crippen LogP contribution in [0.1, 0.15) is 31.7 Å². The van der Waals surface area contributed by atoms with Gasteiger partial charge in [0.05, 0.1) is 6.61 Å². The average Bonchev–Trinajstić information content (AvgIpc) is 3.10. The van der Waals surface area contributed by atoms with Gasteiger partial charge >= 0.3 is 0 Å². The maximum absolute atomic E-state index is 13.0. The number of benzene rings is 1. The summed E-state index contributed by atoms with van der Waals surface area (Å²) in [5, 5.41) is 3.69. The van der Waals surface area contributed by atoms with Crippen LogP contribution in [-0.2, 0) is 16.0 Å². The zero-order valence-corrected chi connectivity index (χ0v) is 16.9. The highest BCUT2D eigenvalue weighted by atomic mass is 32.1. The number of aromatic nitrogens is 2. The minimum Gasteiger partial charge on any atom is -0.383 e. The van der Waals surface area contributed by atoms with Crippen LogP contribution >= 0.6 is 11.5 Å². The summed E-state index contributed by atoms with van der Waals surface area (Å²) in [6.07, 6.45) is 0.938. The van der Waals surface area contributed by atoms with E-state index in [1.807, 2.05) is 4.90 Å². The van der Waals surface area contributed by atoms with Crippen LogP contribution in [-0.4, -0.2) is 48.6 Å². The van der Waals surface area contributed by atoms with E-state index in [0.29, 0.717) is 50.8 Å². The van der Waals surface area contributed by atoms with Crippen LogP contribution in [0, 0.1) is 11.7 Å². The fourth-order valence-corrected chi connectivity index (χ4v) is 3.11. The van der Waals surface area contributed by atoms with Crippen LogP contribution in [0.5, 0.6) is 0 Å².